The Morgan fingerprint density at radius 2 is 2.35 bits per heavy atom. The third-order valence-electron chi connectivity index (χ3n) is 2.59. The number of halogens is 2. The largest absolute Gasteiger partial charge is 0.311 e. The van der Waals surface area contributed by atoms with E-state index in [-0.39, 0.29) is 11.9 Å². The first-order chi connectivity index (χ1) is 8.22. The molecule has 0 aliphatic heterocycles. The van der Waals surface area contributed by atoms with Gasteiger partial charge in [-0.1, -0.05) is 12.1 Å². The molecule has 0 saturated carbocycles. The number of likely N-dealkylation sites (N-methyl/N-ethyl adjacent to an activating group) is 1. The first kappa shape index (κ1) is 12.2. The number of hydrogen-bond donors (Lipinski definition) is 2. The van der Waals surface area contributed by atoms with Gasteiger partial charge < -0.3 is 5.32 Å². The van der Waals surface area contributed by atoms with Crippen molar-refractivity contribution in [2.75, 3.05) is 7.05 Å². The van der Waals surface area contributed by atoms with Gasteiger partial charge in [0, 0.05) is 0 Å². The van der Waals surface area contributed by atoms with E-state index < -0.39 is 0 Å². The van der Waals surface area contributed by atoms with Crippen LogP contribution in [0.15, 0.2) is 28.9 Å². The average Bonchev–Trinajstić information content (AvgIpc) is 2.85. The van der Waals surface area contributed by atoms with Gasteiger partial charge in [0.15, 0.2) is 0 Å². The monoisotopic (exact) mass is 298 g/mol. The molecule has 2 N–H and O–H groups in total. The number of rotatable bonds is 4. The normalized spacial score (nSPS) is 12.6. The highest BCUT2D eigenvalue weighted by atomic mass is 79.9. The smallest absolute Gasteiger partial charge is 0.137 e. The van der Waals surface area contributed by atoms with Crippen LogP contribution >= 0.6 is 15.9 Å². The lowest BCUT2D eigenvalue weighted by atomic mass is 10.0. The van der Waals surface area contributed by atoms with E-state index in [0.29, 0.717) is 10.9 Å². The fraction of sp³-hybridized carbons (Fsp3) is 0.273. The molecule has 1 aromatic heterocycles. The van der Waals surface area contributed by atoms with Gasteiger partial charge in [-0.25, -0.2) is 4.39 Å². The van der Waals surface area contributed by atoms with Gasteiger partial charge in [0.1, 0.15) is 5.82 Å². The molecule has 1 atom stereocenters. The van der Waals surface area contributed by atoms with Gasteiger partial charge >= 0.3 is 0 Å². The summed E-state index contributed by atoms with van der Waals surface area (Å²) in [6.07, 6.45) is 2.30. The molecular formula is C11H12BrFN4. The molecule has 90 valence electrons. The Kier molecular flexibility index (Phi) is 3.86. The van der Waals surface area contributed by atoms with E-state index >= 15 is 0 Å². The van der Waals surface area contributed by atoms with Crippen LogP contribution in [-0.4, -0.2) is 22.5 Å². The van der Waals surface area contributed by atoms with E-state index in [0.717, 1.165) is 11.3 Å². The van der Waals surface area contributed by atoms with Crippen LogP contribution in [0.1, 0.15) is 17.3 Å². The SMILES string of the molecule is CNC(Cc1cccc(F)c1Br)c1cn[nH]n1. The molecule has 6 heteroatoms. The van der Waals surface area contributed by atoms with Crippen molar-refractivity contribution in [3.8, 4) is 0 Å². The number of nitrogens with one attached hydrogen (secondary N) is 2. The van der Waals surface area contributed by atoms with Gasteiger partial charge in [-0.05, 0) is 41.0 Å². The van der Waals surface area contributed by atoms with E-state index in [1.807, 2.05) is 13.1 Å². The molecule has 0 radical (unpaired) electrons. The van der Waals surface area contributed by atoms with Crippen LogP contribution in [0, 0.1) is 5.82 Å². The summed E-state index contributed by atoms with van der Waals surface area (Å²) >= 11 is 3.25. The summed E-state index contributed by atoms with van der Waals surface area (Å²) in [7, 11) is 1.84. The molecule has 0 spiro atoms. The van der Waals surface area contributed by atoms with Gasteiger partial charge in [-0.15, -0.1) is 0 Å². The van der Waals surface area contributed by atoms with Crippen molar-refractivity contribution < 1.29 is 4.39 Å². The molecule has 0 aliphatic rings. The van der Waals surface area contributed by atoms with E-state index in [1.54, 1.807) is 12.3 Å². The Hall–Kier alpha value is -1.27. The Bertz CT molecular complexity index is 486. The Labute approximate surface area is 107 Å². The quantitative estimate of drug-likeness (QED) is 0.910. The maximum Gasteiger partial charge on any atom is 0.137 e. The number of aromatic amines is 1. The van der Waals surface area contributed by atoms with Crippen LogP contribution in [0.2, 0.25) is 0 Å². The van der Waals surface area contributed by atoms with Crippen LogP contribution in [0.5, 0.6) is 0 Å². The lowest BCUT2D eigenvalue weighted by Gasteiger charge is -2.14. The zero-order valence-electron chi connectivity index (χ0n) is 9.24. The first-order valence-electron chi connectivity index (χ1n) is 5.18. The highest BCUT2D eigenvalue weighted by molar-refractivity contribution is 9.10. The second-order valence-electron chi connectivity index (χ2n) is 3.65. The topological polar surface area (TPSA) is 53.6 Å². The molecular weight excluding hydrogens is 287 g/mol. The van der Waals surface area contributed by atoms with Crippen molar-refractivity contribution in [2.24, 2.45) is 0 Å². The summed E-state index contributed by atoms with van der Waals surface area (Å²) < 4.78 is 13.9. The lowest BCUT2D eigenvalue weighted by molar-refractivity contribution is 0.566. The Morgan fingerprint density at radius 1 is 1.53 bits per heavy atom. The summed E-state index contributed by atoms with van der Waals surface area (Å²) in [5.74, 6) is -0.252. The van der Waals surface area contributed by atoms with Gasteiger partial charge in [-0.2, -0.15) is 15.4 Å². The van der Waals surface area contributed by atoms with Crippen LogP contribution < -0.4 is 5.32 Å². The number of aromatic nitrogens is 3. The van der Waals surface area contributed by atoms with Crippen molar-refractivity contribution in [1.82, 2.24) is 20.7 Å². The molecule has 1 aromatic carbocycles. The van der Waals surface area contributed by atoms with Crippen LogP contribution in [-0.2, 0) is 6.42 Å². The van der Waals surface area contributed by atoms with Crippen LogP contribution in [0.25, 0.3) is 0 Å². The van der Waals surface area contributed by atoms with Crippen molar-refractivity contribution in [2.45, 2.75) is 12.5 Å². The number of hydrogen-bond acceptors (Lipinski definition) is 3. The summed E-state index contributed by atoms with van der Waals surface area (Å²) in [6, 6.07) is 5.02. The average molecular weight is 299 g/mol. The fourth-order valence-electron chi connectivity index (χ4n) is 1.66. The van der Waals surface area contributed by atoms with Crippen molar-refractivity contribution in [1.29, 1.82) is 0 Å². The summed E-state index contributed by atoms with van der Waals surface area (Å²) in [5, 5.41) is 13.5. The minimum atomic E-state index is -0.252. The highest BCUT2D eigenvalue weighted by Crippen LogP contribution is 2.24. The molecule has 4 nitrogen and oxygen atoms in total. The number of benzene rings is 1. The predicted molar refractivity (Wildman–Crippen MR) is 66.0 cm³/mol. The second-order valence-corrected chi connectivity index (χ2v) is 4.45. The molecule has 0 saturated heterocycles. The molecule has 2 aromatic rings. The third-order valence-corrected chi connectivity index (χ3v) is 3.48. The Balaban J connectivity index is 2.22. The molecule has 0 amide bonds. The molecule has 17 heavy (non-hydrogen) atoms. The molecule has 1 unspecified atom stereocenters. The lowest BCUT2D eigenvalue weighted by Crippen LogP contribution is -2.19. The zero-order chi connectivity index (χ0) is 12.3. The van der Waals surface area contributed by atoms with Crippen LogP contribution in [0.3, 0.4) is 0 Å². The Morgan fingerprint density at radius 3 is 3.00 bits per heavy atom. The highest BCUT2D eigenvalue weighted by Gasteiger charge is 2.15. The number of nitrogens with zero attached hydrogens (tertiary/aromatic N) is 2. The van der Waals surface area contributed by atoms with E-state index in [4.69, 9.17) is 0 Å². The van der Waals surface area contributed by atoms with E-state index in [9.17, 15) is 4.39 Å². The molecule has 2 rings (SSSR count). The molecule has 0 fully saturated rings. The van der Waals surface area contributed by atoms with E-state index in [2.05, 4.69) is 36.7 Å². The maximum absolute atomic E-state index is 13.4. The molecule has 0 aliphatic carbocycles. The second kappa shape index (κ2) is 5.37. The summed E-state index contributed by atoms with van der Waals surface area (Å²) in [5.41, 5.74) is 1.70. The minimum absolute atomic E-state index is 0.00634. The standard InChI is InChI=1S/C11H12BrFN4/c1-14-9(10-6-15-17-16-10)5-7-3-2-4-8(13)11(7)12/h2-4,6,9,14H,5H2,1H3,(H,15,16,17). The summed E-state index contributed by atoms with van der Waals surface area (Å²) in [4.78, 5) is 0. The summed E-state index contributed by atoms with van der Waals surface area (Å²) in [6.45, 7) is 0. The van der Waals surface area contributed by atoms with E-state index in [1.165, 1.54) is 6.07 Å². The first-order valence-corrected chi connectivity index (χ1v) is 5.97. The minimum Gasteiger partial charge on any atom is -0.311 e. The zero-order valence-corrected chi connectivity index (χ0v) is 10.8. The van der Waals surface area contributed by atoms with Gasteiger partial charge in [0.25, 0.3) is 0 Å². The molecule has 1 heterocycles. The van der Waals surface area contributed by atoms with Crippen molar-refractivity contribution in [3.05, 3.63) is 45.9 Å². The maximum atomic E-state index is 13.4. The fourth-order valence-corrected chi connectivity index (χ4v) is 2.09. The van der Waals surface area contributed by atoms with Crippen molar-refractivity contribution in [3.63, 3.8) is 0 Å². The van der Waals surface area contributed by atoms with Gasteiger partial charge in [-0.3, -0.25) is 0 Å². The third kappa shape index (κ3) is 2.70. The van der Waals surface area contributed by atoms with Gasteiger partial charge in [0.05, 0.1) is 22.4 Å². The van der Waals surface area contributed by atoms with Gasteiger partial charge in [0.2, 0.25) is 0 Å². The number of H-pyrrole nitrogens is 1. The van der Waals surface area contributed by atoms with Crippen LogP contribution in [0.4, 0.5) is 4.39 Å². The predicted octanol–water partition coefficient (Wildman–Crippen LogP) is 2.21. The van der Waals surface area contributed by atoms with Crippen molar-refractivity contribution >= 4 is 15.9 Å². The molecule has 0 bridgehead atoms.